The predicted molar refractivity (Wildman–Crippen MR) is 147 cm³/mol. The molecule has 0 amide bonds. The second kappa shape index (κ2) is 10.2. The minimum absolute atomic E-state index is 0.134. The molecule has 5 rings (SSSR count). The van der Waals surface area contributed by atoms with Gasteiger partial charge in [-0.25, -0.2) is 0 Å². The third-order valence-electron chi connectivity index (χ3n) is 6.17. The Morgan fingerprint density at radius 2 is 1.92 bits per heavy atom. The van der Waals surface area contributed by atoms with Crippen molar-refractivity contribution in [3.8, 4) is 5.75 Å². The Labute approximate surface area is 228 Å². The molecule has 3 aromatic heterocycles. The zero-order valence-corrected chi connectivity index (χ0v) is 22.2. The van der Waals surface area contributed by atoms with Crippen molar-refractivity contribution in [2.45, 2.75) is 25.0 Å². The molecule has 1 aliphatic rings. The molecule has 1 saturated heterocycles. The molecule has 37 heavy (non-hydrogen) atoms. The van der Waals surface area contributed by atoms with Crippen LogP contribution in [-0.2, 0) is 6.42 Å². The number of benzene rings is 1. The summed E-state index contributed by atoms with van der Waals surface area (Å²) < 4.78 is 10.4. The number of nitrogens with two attached hydrogens (primary N) is 2. The highest BCUT2D eigenvalue weighted by Crippen LogP contribution is 2.33. The SMILES string of the molecule is C[C@@H](Oc1ccc(N)c(C(=N)c2ccc(N3CC(N)(Cc4ccsn4)C3)nn2)c1)c1c(Cl)cncc1Cl. The first-order valence-corrected chi connectivity index (χ1v) is 13.0. The topological polar surface area (TPSA) is 140 Å². The van der Waals surface area contributed by atoms with Gasteiger partial charge in [0.2, 0.25) is 0 Å². The zero-order chi connectivity index (χ0) is 26.2. The van der Waals surface area contributed by atoms with Crippen molar-refractivity contribution >= 4 is 52.0 Å². The van der Waals surface area contributed by atoms with E-state index in [0.29, 0.717) is 57.2 Å². The number of rotatable bonds is 8. The number of pyridine rings is 1. The predicted octanol–water partition coefficient (Wildman–Crippen LogP) is 4.53. The van der Waals surface area contributed by atoms with E-state index in [9.17, 15) is 0 Å². The third-order valence-corrected chi connectivity index (χ3v) is 7.37. The summed E-state index contributed by atoms with van der Waals surface area (Å²) in [4.78, 5) is 6.04. The van der Waals surface area contributed by atoms with Gasteiger partial charge in [-0.1, -0.05) is 23.2 Å². The van der Waals surface area contributed by atoms with Crippen molar-refractivity contribution in [2.24, 2.45) is 5.73 Å². The van der Waals surface area contributed by atoms with Crippen LogP contribution in [0.3, 0.4) is 0 Å². The van der Waals surface area contributed by atoms with Gasteiger partial charge in [-0.15, -0.1) is 10.2 Å². The van der Waals surface area contributed by atoms with Crippen LogP contribution in [0.4, 0.5) is 11.5 Å². The largest absolute Gasteiger partial charge is 0.486 e. The van der Waals surface area contributed by atoms with Crippen LogP contribution in [0.1, 0.15) is 35.5 Å². The molecule has 0 radical (unpaired) electrons. The van der Waals surface area contributed by atoms with E-state index >= 15 is 0 Å². The smallest absolute Gasteiger partial charge is 0.151 e. The number of nitrogen functional groups attached to an aromatic ring is 1. The molecule has 190 valence electrons. The van der Waals surface area contributed by atoms with Gasteiger partial charge < -0.3 is 21.1 Å². The lowest BCUT2D eigenvalue weighted by molar-refractivity contribution is 0.227. The Morgan fingerprint density at radius 1 is 1.16 bits per heavy atom. The van der Waals surface area contributed by atoms with Gasteiger partial charge in [0.15, 0.2) is 5.82 Å². The van der Waals surface area contributed by atoms with Gasteiger partial charge in [-0.2, -0.15) is 4.37 Å². The Morgan fingerprint density at radius 3 is 2.57 bits per heavy atom. The van der Waals surface area contributed by atoms with Crippen molar-refractivity contribution in [3.63, 3.8) is 0 Å². The van der Waals surface area contributed by atoms with E-state index in [1.54, 1.807) is 24.3 Å². The van der Waals surface area contributed by atoms with Crippen molar-refractivity contribution in [3.05, 3.63) is 86.7 Å². The van der Waals surface area contributed by atoms with Crippen LogP contribution in [0, 0.1) is 5.41 Å². The van der Waals surface area contributed by atoms with Gasteiger partial charge in [0, 0.05) is 54.1 Å². The highest BCUT2D eigenvalue weighted by atomic mass is 35.5. The van der Waals surface area contributed by atoms with E-state index in [2.05, 4.69) is 24.5 Å². The van der Waals surface area contributed by atoms with E-state index < -0.39 is 6.10 Å². The monoisotopic (exact) mass is 554 g/mol. The van der Waals surface area contributed by atoms with Crippen LogP contribution in [0.15, 0.2) is 54.2 Å². The van der Waals surface area contributed by atoms with Gasteiger partial charge in [0.05, 0.1) is 27.0 Å². The fourth-order valence-corrected chi connectivity index (χ4v) is 5.55. The van der Waals surface area contributed by atoms with Gasteiger partial charge in [-0.3, -0.25) is 10.4 Å². The highest BCUT2D eigenvalue weighted by Gasteiger charge is 2.40. The summed E-state index contributed by atoms with van der Waals surface area (Å²) in [6.07, 6.45) is 3.31. The van der Waals surface area contributed by atoms with Crippen LogP contribution >= 0.6 is 34.7 Å². The molecule has 0 saturated carbocycles. The zero-order valence-electron chi connectivity index (χ0n) is 19.9. The van der Waals surface area contributed by atoms with Crippen LogP contribution in [-0.4, -0.2) is 43.9 Å². The van der Waals surface area contributed by atoms with Gasteiger partial charge in [0.25, 0.3) is 0 Å². The summed E-state index contributed by atoms with van der Waals surface area (Å²) in [6.45, 7) is 3.15. The van der Waals surface area contributed by atoms with Crippen molar-refractivity contribution in [1.29, 1.82) is 5.41 Å². The number of aromatic nitrogens is 4. The van der Waals surface area contributed by atoms with Crippen molar-refractivity contribution < 1.29 is 4.74 Å². The van der Waals surface area contributed by atoms with E-state index in [0.717, 1.165) is 12.1 Å². The number of halogens is 2. The molecule has 4 heterocycles. The lowest BCUT2D eigenvalue weighted by Gasteiger charge is -2.48. The molecule has 0 aliphatic carbocycles. The molecule has 0 bridgehead atoms. The number of anilines is 2. The fourth-order valence-electron chi connectivity index (χ4n) is 4.34. The molecule has 4 aromatic rings. The Kier molecular flexibility index (Phi) is 7.00. The molecule has 0 unspecified atom stereocenters. The van der Waals surface area contributed by atoms with Crippen LogP contribution in [0.25, 0.3) is 0 Å². The molecule has 1 aromatic carbocycles. The molecule has 12 heteroatoms. The number of nitrogens with zero attached hydrogens (tertiary/aromatic N) is 5. The highest BCUT2D eigenvalue weighted by molar-refractivity contribution is 7.03. The third kappa shape index (κ3) is 5.37. The molecule has 1 aliphatic heterocycles. The average molecular weight is 555 g/mol. The normalized spacial score (nSPS) is 15.2. The maximum Gasteiger partial charge on any atom is 0.151 e. The van der Waals surface area contributed by atoms with Gasteiger partial charge in [0.1, 0.15) is 17.5 Å². The number of hydrogen-bond acceptors (Lipinski definition) is 10. The molecule has 0 spiro atoms. The first-order chi connectivity index (χ1) is 17.7. The molecule has 5 N–H and O–H groups in total. The quantitative estimate of drug-likeness (QED) is 0.213. The van der Waals surface area contributed by atoms with E-state index in [4.69, 9.17) is 44.8 Å². The molecule has 1 atom stereocenters. The van der Waals surface area contributed by atoms with Gasteiger partial charge >= 0.3 is 0 Å². The first kappa shape index (κ1) is 25.3. The maximum absolute atomic E-state index is 8.70. The molecule has 1 fully saturated rings. The number of nitrogens with one attached hydrogen (secondary N) is 1. The Bertz CT molecular complexity index is 1410. The maximum atomic E-state index is 8.70. The van der Waals surface area contributed by atoms with E-state index in [1.165, 1.54) is 23.9 Å². The summed E-state index contributed by atoms with van der Waals surface area (Å²) >= 11 is 14.0. The summed E-state index contributed by atoms with van der Waals surface area (Å²) in [5.41, 5.74) is 15.4. The van der Waals surface area contributed by atoms with E-state index in [-0.39, 0.29) is 11.3 Å². The molecular formula is C25H24Cl2N8OS. The summed E-state index contributed by atoms with van der Waals surface area (Å²) in [5, 5.41) is 20.1. The van der Waals surface area contributed by atoms with Crippen LogP contribution in [0.2, 0.25) is 10.0 Å². The minimum atomic E-state index is -0.450. The Balaban J connectivity index is 1.27. The lowest BCUT2D eigenvalue weighted by atomic mass is 9.86. The number of ether oxygens (including phenoxy) is 1. The number of hydrogen-bond donors (Lipinski definition) is 3. The molecular weight excluding hydrogens is 531 g/mol. The van der Waals surface area contributed by atoms with Crippen LogP contribution < -0.4 is 21.1 Å². The summed E-state index contributed by atoms with van der Waals surface area (Å²) in [7, 11) is 0. The van der Waals surface area contributed by atoms with Crippen LogP contribution in [0.5, 0.6) is 5.75 Å². The minimum Gasteiger partial charge on any atom is -0.486 e. The van der Waals surface area contributed by atoms with E-state index in [1.807, 2.05) is 24.4 Å². The Hall–Kier alpha value is -3.31. The first-order valence-electron chi connectivity index (χ1n) is 11.4. The summed E-state index contributed by atoms with van der Waals surface area (Å²) in [5.74, 6) is 1.22. The molecule has 9 nitrogen and oxygen atoms in total. The van der Waals surface area contributed by atoms with Gasteiger partial charge in [-0.05, 0) is 54.9 Å². The average Bonchev–Trinajstić information content (AvgIpc) is 3.36. The van der Waals surface area contributed by atoms with Crippen molar-refractivity contribution in [1.82, 2.24) is 19.6 Å². The lowest BCUT2D eigenvalue weighted by Crippen LogP contribution is -2.69. The second-order valence-electron chi connectivity index (χ2n) is 9.06. The van der Waals surface area contributed by atoms with Crippen molar-refractivity contribution in [2.75, 3.05) is 23.7 Å². The summed E-state index contributed by atoms with van der Waals surface area (Å²) in [6, 6.07) is 10.7. The second-order valence-corrected chi connectivity index (χ2v) is 10.5. The standard InChI is InChI=1S/C25H24Cl2N8OS/c1-14(23-18(26)10-31-11-19(23)27)36-16-2-3-20(28)17(8-16)24(29)21-4-5-22(33-32-21)35-12-25(30,13-35)9-15-6-7-37-34-15/h2-8,10-11,14,29H,9,12-13,28,30H2,1H3/t14-/m1/s1. The fraction of sp³-hybridized carbons (Fsp3) is 0.240.